The first-order valence-corrected chi connectivity index (χ1v) is 10.4. The normalized spacial score (nSPS) is 11.0. The largest absolute Gasteiger partial charge is 0.380 e. The number of ether oxygens (including phenoxy) is 1. The van der Waals surface area contributed by atoms with Crippen molar-refractivity contribution in [3.63, 3.8) is 0 Å². The van der Waals surface area contributed by atoms with Crippen LogP contribution in [-0.4, -0.2) is 28.6 Å². The number of benzene rings is 2. The molecule has 0 aliphatic rings. The second kappa shape index (κ2) is 9.08. The van der Waals surface area contributed by atoms with Crippen molar-refractivity contribution >= 4 is 11.8 Å². The van der Waals surface area contributed by atoms with Gasteiger partial charge in [-0.2, -0.15) is 0 Å². The molecule has 0 spiro atoms. The Morgan fingerprint density at radius 1 is 1.00 bits per heavy atom. The smallest absolute Gasteiger partial charge is 0.336 e. The van der Waals surface area contributed by atoms with Gasteiger partial charge < -0.3 is 4.74 Å². The first-order valence-electron chi connectivity index (χ1n) is 9.21. The molecule has 1 aromatic heterocycles. The molecule has 0 aliphatic heterocycles. The monoisotopic (exact) mass is 396 g/mol. The average Bonchev–Trinajstić information content (AvgIpc) is 2.71. The predicted molar refractivity (Wildman–Crippen MR) is 115 cm³/mol. The Hall–Kier alpha value is -2.57. The van der Waals surface area contributed by atoms with Crippen molar-refractivity contribution in [2.24, 2.45) is 0 Å². The average molecular weight is 397 g/mol. The van der Waals surface area contributed by atoms with Crippen molar-refractivity contribution in [1.29, 1.82) is 0 Å². The fourth-order valence-electron chi connectivity index (χ4n) is 3.00. The van der Waals surface area contributed by atoms with Crippen LogP contribution in [0.25, 0.3) is 16.9 Å². The van der Waals surface area contributed by atoms with E-state index < -0.39 is 0 Å². The molecule has 0 radical (unpaired) electrons. The SMILES string of the molecule is CCOCCn1c(=O)cc(-c2ccc(C)cc2)n(-c2ccc(SC)cc2)c1=O. The molecule has 5 nitrogen and oxygen atoms in total. The van der Waals surface area contributed by atoms with Crippen molar-refractivity contribution in [2.75, 3.05) is 19.5 Å². The molecule has 3 rings (SSSR count). The lowest BCUT2D eigenvalue weighted by molar-refractivity contribution is 0.137. The van der Waals surface area contributed by atoms with Gasteiger partial charge in [0.25, 0.3) is 5.56 Å². The zero-order valence-corrected chi connectivity index (χ0v) is 17.2. The Kier molecular flexibility index (Phi) is 6.54. The number of aromatic nitrogens is 2. The molecule has 1 heterocycles. The molecule has 0 fully saturated rings. The van der Waals surface area contributed by atoms with Gasteiger partial charge >= 0.3 is 5.69 Å². The number of hydrogen-bond donors (Lipinski definition) is 0. The molecule has 0 saturated heterocycles. The Bertz CT molecular complexity index is 1050. The van der Waals surface area contributed by atoms with E-state index >= 15 is 0 Å². The Balaban J connectivity index is 2.21. The zero-order valence-electron chi connectivity index (χ0n) is 16.3. The standard InChI is InChI=1S/C22H24N2O3S/c1-4-27-14-13-23-21(25)15-20(17-7-5-16(2)6-8-17)24(22(23)26)18-9-11-19(28-3)12-10-18/h5-12,15H,4,13-14H2,1-3H3. The maximum atomic E-state index is 13.3. The molecular formula is C22H24N2O3S. The lowest BCUT2D eigenvalue weighted by Crippen LogP contribution is -2.40. The van der Waals surface area contributed by atoms with E-state index in [9.17, 15) is 9.59 Å². The van der Waals surface area contributed by atoms with E-state index in [2.05, 4.69) is 0 Å². The van der Waals surface area contributed by atoms with Crippen LogP contribution in [0.1, 0.15) is 12.5 Å². The summed E-state index contributed by atoms with van der Waals surface area (Å²) in [7, 11) is 0. The minimum absolute atomic E-state index is 0.225. The number of thioether (sulfide) groups is 1. The van der Waals surface area contributed by atoms with Crippen LogP contribution in [0.3, 0.4) is 0 Å². The summed E-state index contributed by atoms with van der Waals surface area (Å²) >= 11 is 1.64. The van der Waals surface area contributed by atoms with E-state index in [-0.39, 0.29) is 17.8 Å². The van der Waals surface area contributed by atoms with Crippen LogP contribution in [0.5, 0.6) is 0 Å². The molecule has 28 heavy (non-hydrogen) atoms. The van der Waals surface area contributed by atoms with Crippen molar-refractivity contribution in [3.8, 4) is 16.9 Å². The van der Waals surface area contributed by atoms with Gasteiger partial charge in [0.2, 0.25) is 0 Å². The highest BCUT2D eigenvalue weighted by atomic mass is 32.2. The molecular weight excluding hydrogens is 372 g/mol. The third-order valence-electron chi connectivity index (χ3n) is 4.53. The second-order valence-electron chi connectivity index (χ2n) is 6.40. The van der Waals surface area contributed by atoms with Gasteiger partial charge in [-0.15, -0.1) is 11.8 Å². The van der Waals surface area contributed by atoms with E-state index in [1.807, 2.05) is 68.6 Å². The summed E-state index contributed by atoms with van der Waals surface area (Å²) in [5, 5.41) is 0. The third-order valence-corrected chi connectivity index (χ3v) is 5.27. The van der Waals surface area contributed by atoms with Crippen LogP contribution in [0.4, 0.5) is 0 Å². The van der Waals surface area contributed by atoms with Gasteiger partial charge in [0, 0.05) is 17.6 Å². The highest BCUT2D eigenvalue weighted by molar-refractivity contribution is 7.98. The lowest BCUT2D eigenvalue weighted by atomic mass is 10.1. The van der Waals surface area contributed by atoms with Crippen LogP contribution >= 0.6 is 11.8 Å². The summed E-state index contributed by atoms with van der Waals surface area (Å²) in [5.41, 5.74) is 2.57. The first kappa shape index (κ1) is 20.2. The van der Waals surface area contributed by atoms with Crippen molar-refractivity contribution in [1.82, 2.24) is 9.13 Å². The summed E-state index contributed by atoms with van der Waals surface area (Å²) in [6, 6.07) is 17.1. The Morgan fingerprint density at radius 3 is 2.29 bits per heavy atom. The van der Waals surface area contributed by atoms with Crippen molar-refractivity contribution in [3.05, 3.63) is 81.0 Å². The fourth-order valence-corrected chi connectivity index (χ4v) is 3.41. The van der Waals surface area contributed by atoms with E-state index in [0.29, 0.717) is 18.9 Å². The molecule has 0 aliphatic carbocycles. The quantitative estimate of drug-likeness (QED) is 0.451. The molecule has 2 aromatic carbocycles. The van der Waals surface area contributed by atoms with E-state index in [1.165, 1.54) is 10.6 Å². The van der Waals surface area contributed by atoms with Crippen LogP contribution in [0.2, 0.25) is 0 Å². The van der Waals surface area contributed by atoms with Crippen LogP contribution in [-0.2, 0) is 11.3 Å². The fraction of sp³-hybridized carbons (Fsp3) is 0.273. The van der Waals surface area contributed by atoms with Crippen molar-refractivity contribution < 1.29 is 4.74 Å². The Morgan fingerprint density at radius 2 is 1.68 bits per heavy atom. The summed E-state index contributed by atoms with van der Waals surface area (Å²) < 4.78 is 8.17. The molecule has 0 saturated carbocycles. The summed E-state index contributed by atoms with van der Waals surface area (Å²) in [4.78, 5) is 27.0. The maximum Gasteiger partial charge on any atom is 0.336 e. The van der Waals surface area contributed by atoms with Gasteiger partial charge in [-0.25, -0.2) is 4.79 Å². The number of aryl methyl sites for hydroxylation is 1. The number of nitrogens with zero attached hydrogens (tertiary/aromatic N) is 2. The van der Waals surface area contributed by atoms with Gasteiger partial charge in [-0.1, -0.05) is 29.8 Å². The molecule has 0 bridgehead atoms. The van der Waals surface area contributed by atoms with Gasteiger partial charge in [0.05, 0.1) is 24.5 Å². The zero-order chi connectivity index (χ0) is 20.1. The molecule has 0 amide bonds. The molecule has 0 N–H and O–H groups in total. The summed E-state index contributed by atoms with van der Waals surface area (Å²) in [6.45, 7) is 4.97. The van der Waals surface area contributed by atoms with Gasteiger partial charge in [-0.05, 0) is 49.9 Å². The topological polar surface area (TPSA) is 53.2 Å². The molecule has 3 aromatic rings. The van der Waals surface area contributed by atoms with Crippen molar-refractivity contribution in [2.45, 2.75) is 25.3 Å². The number of hydrogen-bond acceptors (Lipinski definition) is 4. The van der Waals surface area contributed by atoms with Gasteiger partial charge in [0.1, 0.15) is 0 Å². The lowest BCUT2D eigenvalue weighted by Gasteiger charge is -2.16. The Labute approximate surface area is 168 Å². The van der Waals surface area contributed by atoms with Crippen LogP contribution in [0, 0.1) is 6.92 Å². The van der Waals surface area contributed by atoms with E-state index in [0.717, 1.165) is 21.7 Å². The molecule has 146 valence electrons. The molecule has 0 atom stereocenters. The first-order chi connectivity index (χ1) is 13.5. The predicted octanol–water partition coefficient (Wildman–Crippen LogP) is 3.73. The van der Waals surface area contributed by atoms with Gasteiger partial charge in [0.15, 0.2) is 0 Å². The minimum Gasteiger partial charge on any atom is -0.380 e. The van der Waals surface area contributed by atoms with E-state index in [4.69, 9.17) is 4.74 Å². The maximum absolute atomic E-state index is 13.3. The second-order valence-corrected chi connectivity index (χ2v) is 7.28. The molecule has 6 heteroatoms. The number of rotatable bonds is 7. The van der Waals surface area contributed by atoms with Crippen LogP contribution in [0.15, 0.2) is 69.1 Å². The van der Waals surface area contributed by atoms with Crippen LogP contribution < -0.4 is 11.2 Å². The third kappa shape index (κ3) is 4.29. The highest BCUT2D eigenvalue weighted by Gasteiger charge is 2.15. The summed E-state index contributed by atoms with van der Waals surface area (Å²) in [5.74, 6) is 0. The summed E-state index contributed by atoms with van der Waals surface area (Å²) in [6.07, 6.45) is 2.01. The highest BCUT2D eigenvalue weighted by Crippen LogP contribution is 2.22. The van der Waals surface area contributed by atoms with Gasteiger partial charge in [-0.3, -0.25) is 13.9 Å². The minimum atomic E-state index is -0.361. The van der Waals surface area contributed by atoms with E-state index in [1.54, 1.807) is 16.3 Å². The molecule has 0 unspecified atom stereocenters.